The third kappa shape index (κ3) is 6.03. The monoisotopic (exact) mass is 350 g/mol. The molecule has 3 nitrogen and oxygen atoms in total. The van der Waals surface area contributed by atoms with E-state index in [1.165, 1.54) is 6.42 Å². The molecule has 0 aliphatic carbocycles. The van der Waals surface area contributed by atoms with Crippen LogP contribution in [-0.2, 0) is 11.2 Å². The van der Waals surface area contributed by atoms with E-state index in [9.17, 15) is 4.79 Å². The van der Waals surface area contributed by atoms with Crippen LogP contribution in [-0.4, -0.2) is 25.5 Å². The molecule has 1 atom stereocenters. The Kier molecular flexibility index (Phi) is 8.42. The Bertz CT molecular complexity index is 462. The van der Waals surface area contributed by atoms with Crippen LogP contribution in [0.4, 0.5) is 0 Å². The molecule has 1 saturated heterocycles. The van der Waals surface area contributed by atoms with Crippen molar-refractivity contribution in [2.24, 2.45) is 5.92 Å². The molecular weight excluding hydrogens is 331 g/mol. The van der Waals surface area contributed by atoms with Gasteiger partial charge in [0, 0.05) is 13.0 Å². The van der Waals surface area contributed by atoms with Gasteiger partial charge in [-0.15, -0.1) is 12.4 Å². The zero-order chi connectivity index (χ0) is 14.4. The molecule has 1 aromatic carbocycles. The summed E-state index contributed by atoms with van der Waals surface area (Å²) in [4.78, 5) is 11.8. The number of hydrogen-bond donors (Lipinski definition) is 2. The Morgan fingerprint density at radius 2 is 2.19 bits per heavy atom. The van der Waals surface area contributed by atoms with Crippen molar-refractivity contribution in [1.29, 1.82) is 0 Å². The van der Waals surface area contributed by atoms with Gasteiger partial charge in [-0.2, -0.15) is 0 Å². The minimum atomic E-state index is 0. The van der Waals surface area contributed by atoms with Crippen molar-refractivity contribution in [1.82, 2.24) is 10.6 Å². The van der Waals surface area contributed by atoms with E-state index in [1.54, 1.807) is 6.07 Å². The summed E-state index contributed by atoms with van der Waals surface area (Å²) in [7, 11) is 0. The van der Waals surface area contributed by atoms with Crippen molar-refractivity contribution in [3.8, 4) is 0 Å². The predicted octanol–water partition coefficient (Wildman–Crippen LogP) is 3.46. The average molecular weight is 352 g/mol. The molecular formula is C15H21Cl3N2O. The normalized spacial score (nSPS) is 17.3. The first-order valence-electron chi connectivity index (χ1n) is 7.07. The first kappa shape index (κ1) is 18.6. The van der Waals surface area contributed by atoms with Crippen molar-refractivity contribution < 1.29 is 4.79 Å². The lowest BCUT2D eigenvalue weighted by atomic mass is 10.0. The fraction of sp³-hybridized carbons (Fsp3) is 0.533. The van der Waals surface area contributed by atoms with Crippen LogP contribution in [0.3, 0.4) is 0 Å². The number of amides is 1. The Morgan fingerprint density at radius 3 is 2.90 bits per heavy atom. The molecule has 0 saturated carbocycles. The molecule has 1 aliphatic rings. The Morgan fingerprint density at radius 1 is 1.38 bits per heavy atom. The van der Waals surface area contributed by atoms with Crippen LogP contribution >= 0.6 is 35.6 Å². The molecule has 21 heavy (non-hydrogen) atoms. The fourth-order valence-corrected chi connectivity index (χ4v) is 2.88. The highest BCUT2D eigenvalue weighted by Gasteiger charge is 2.15. The summed E-state index contributed by atoms with van der Waals surface area (Å²) in [6.07, 6.45) is 3.47. The molecule has 1 fully saturated rings. The topological polar surface area (TPSA) is 41.1 Å². The first-order chi connectivity index (χ1) is 9.66. The van der Waals surface area contributed by atoms with Crippen LogP contribution in [0.5, 0.6) is 0 Å². The van der Waals surface area contributed by atoms with Gasteiger partial charge in [-0.1, -0.05) is 35.3 Å². The molecule has 6 heteroatoms. The molecule has 1 aliphatic heterocycles. The van der Waals surface area contributed by atoms with E-state index in [0.717, 1.165) is 25.1 Å². The first-order valence-corrected chi connectivity index (χ1v) is 7.82. The van der Waals surface area contributed by atoms with E-state index in [0.29, 0.717) is 35.3 Å². The summed E-state index contributed by atoms with van der Waals surface area (Å²) in [5, 5.41) is 7.40. The third-order valence-electron chi connectivity index (χ3n) is 3.69. The SMILES string of the molecule is Cl.O=C(CCC1CCNC1)NCCc1cccc(Cl)c1Cl. The maximum absolute atomic E-state index is 11.8. The third-order valence-corrected chi connectivity index (χ3v) is 4.55. The summed E-state index contributed by atoms with van der Waals surface area (Å²) < 4.78 is 0. The largest absolute Gasteiger partial charge is 0.356 e. The van der Waals surface area contributed by atoms with Crippen molar-refractivity contribution >= 4 is 41.5 Å². The average Bonchev–Trinajstić information content (AvgIpc) is 2.94. The van der Waals surface area contributed by atoms with Gasteiger partial charge in [0.1, 0.15) is 0 Å². The van der Waals surface area contributed by atoms with Crippen molar-refractivity contribution in [3.63, 3.8) is 0 Å². The zero-order valence-corrected chi connectivity index (χ0v) is 14.2. The number of rotatable bonds is 6. The standard InChI is InChI=1S/C15H20Cl2N2O.ClH/c16-13-3-1-2-12(15(13)17)7-9-19-14(20)5-4-11-6-8-18-10-11;/h1-3,11,18H,4-10H2,(H,19,20);1H. The van der Waals surface area contributed by atoms with Crippen molar-refractivity contribution in [2.75, 3.05) is 19.6 Å². The highest BCUT2D eigenvalue weighted by molar-refractivity contribution is 6.42. The molecule has 1 unspecified atom stereocenters. The van der Waals surface area contributed by atoms with Gasteiger partial charge in [0.05, 0.1) is 10.0 Å². The van der Waals surface area contributed by atoms with Gasteiger partial charge in [0.25, 0.3) is 0 Å². The van der Waals surface area contributed by atoms with E-state index >= 15 is 0 Å². The van der Waals surface area contributed by atoms with Gasteiger partial charge in [0.15, 0.2) is 0 Å². The molecule has 2 rings (SSSR count). The van der Waals surface area contributed by atoms with Gasteiger partial charge in [0.2, 0.25) is 5.91 Å². The lowest BCUT2D eigenvalue weighted by Gasteiger charge is -2.09. The minimum absolute atomic E-state index is 0. The molecule has 0 bridgehead atoms. The van der Waals surface area contributed by atoms with E-state index in [4.69, 9.17) is 23.2 Å². The molecule has 0 radical (unpaired) electrons. The highest BCUT2D eigenvalue weighted by atomic mass is 35.5. The lowest BCUT2D eigenvalue weighted by molar-refractivity contribution is -0.121. The molecule has 0 spiro atoms. The van der Waals surface area contributed by atoms with Gasteiger partial charge < -0.3 is 10.6 Å². The zero-order valence-electron chi connectivity index (χ0n) is 11.8. The van der Waals surface area contributed by atoms with Gasteiger partial charge >= 0.3 is 0 Å². The van der Waals surface area contributed by atoms with Crippen LogP contribution in [0, 0.1) is 5.92 Å². The predicted molar refractivity (Wildman–Crippen MR) is 90.6 cm³/mol. The van der Waals surface area contributed by atoms with E-state index in [1.807, 2.05) is 12.1 Å². The maximum Gasteiger partial charge on any atom is 0.220 e. The number of carbonyl (C=O) groups is 1. The summed E-state index contributed by atoms with van der Waals surface area (Å²) >= 11 is 12.1. The van der Waals surface area contributed by atoms with Gasteiger partial charge in [-0.3, -0.25) is 4.79 Å². The van der Waals surface area contributed by atoms with Crippen LogP contribution in [0.15, 0.2) is 18.2 Å². The summed E-state index contributed by atoms with van der Waals surface area (Å²) in [5.74, 6) is 0.776. The summed E-state index contributed by atoms with van der Waals surface area (Å²) in [6, 6.07) is 5.57. The molecule has 118 valence electrons. The molecule has 0 aromatic heterocycles. The second-order valence-electron chi connectivity index (χ2n) is 5.21. The number of halogens is 3. The maximum atomic E-state index is 11.8. The van der Waals surface area contributed by atoms with E-state index in [2.05, 4.69) is 10.6 Å². The van der Waals surface area contributed by atoms with E-state index in [-0.39, 0.29) is 18.3 Å². The number of benzene rings is 1. The van der Waals surface area contributed by atoms with E-state index < -0.39 is 0 Å². The van der Waals surface area contributed by atoms with Gasteiger partial charge in [-0.25, -0.2) is 0 Å². The molecule has 1 aromatic rings. The Hall–Kier alpha value is -0.480. The quantitative estimate of drug-likeness (QED) is 0.824. The Balaban J connectivity index is 0.00000220. The van der Waals surface area contributed by atoms with Gasteiger partial charge in [-0.05, 0) is 49.9 Å². The fourth-order valence-electron chi connectivity index (χ4n) is 2.46. The summed E-state index contributed by atoms with van der Waals surface area (Å²) in [6.45, 7) is 2.73. The number of carbonyl (C=O) groups excluding carboxylic acids is 1. The van der Waals surface area contributed by atoms with Crippen molar-refractivity contribution in [2.45, 2.75) is 25.7 Å². The number of nitrogens with one attached hydrogen (secondary N) is 2. The highest BCUT2D eigenvalue weighted by Crippen LogP contribution is 2.25. The smallest absolute Gasteiger partial charge is 0.220 e. The lowest BCUT2D eigenvalue weighted by Crippen LogP contribution is -2.26. The van der Waals surface area contributed by atoms with Crippen LogP contribution in [0.25, 0.3) is 0 Å². The molecule has 1 heterocycles. The van der Waals surface area contributed by atoms with Crippen LogP contribution in [0.1, 0.15) is 24.8 Å². The van der Waals surface area contributed by atoms with Crippen LogP contribution < -0.4 is 10.6 Å². The molecule has 2 N–H and O–H groups in total. The number of hydrogen-bond acceptors (Lipinski definition) is 2. The minimum Gasteiger partial charge on any atom is -0.356 e. The van der Waals surface area contributed by atoms with Crippen LogP contribution in [0.2, 0.25) is 10.0 Å². The summed E-state index contributed by atoms with van der Waals surface area (Å²) in [5.41, 5.74) is 0.972. The second-order valence-corrected chi connectivity index (χ2v) is 6.00. The Labute approximate surface area is 142 Å². The van der Waals surface area contributed by atoms with Crippen molar-refractivity contribution in [3.05, 3.63) is 33.8 Å². The molecule has 1 amide bonds. The second kappa shape index (κ2) is 9.52.